The highest BCUT2D eigenvalue weighted by molar-refractivity contribution is 5.91. The van der Waals surface area contributed by atoms with Crippen LogP contribution >= 0.6 is 0 Å². The minimum absolute atomic E-state index is 0.267. The number of nitrogens with one attached hydrogen (secondary N) is 1. The molecule has 0 fully saturated rings. The molecule has 2 heterocycles. The van der Waals surface area contributed by atoms with Crippen LogP contribution in [0.2, 0.25) is 0 Å². The Hall–Kier alpha value is -3.03. The molecular weight excluding hydrogens is 258 g/mol. The first-order chi connectivity index (χ1) is 9.74. The van der Waals surface area contributed by atoms with Crippen molar-refractivity contribution < 1.29 is 4.79 Å². The number of hydrogen-bond acceptors (Lipinski definition) is 5. The SMILES string of the molecule is Cc1cc(NC(=O)n2ccnc2)ccc1-n1cnnn1. The standard InChI is InChI=1S/C12H11N7O/c1-9-6-10(15-12(20)18-5-4-13-7-18)2-3-11(9)19-8-14-16-17-19/h2-8H,1H3,(H,15,20). The first-order valence-corrected chi connectivity index (χ1v) is 5.87. The molecule has 0 saturated heterocycles. The highest BCUT2D eigenvalue weighted by Crippen LogP contribution is 2.17. The zero-order chi connectivity index (χ0) is 13.9. The summed E-state index contributed by atoms with van der Waals surface area (Å²) in [5.41, 5.74) is 2.49. The summed E-state index contributed by atoms with van der Waals surface area (Å²) in [4.78, 5) is 15.7. The van der Waals surface area contributed by atoms with Crippen LogP contribution in [0.1, 0.15) is 5.56 Å². The van der Waals surface area contributed by atoms with Gasteiger partial charge in [0.1, 0.15) is 12.7 Å². The number of nitrogens with zero attached hydrogens (tertiary/aromatic N) is 6. The topological polar surface area (TPSA) is 90.5 Å². The van der Waals surface area contributed by atoms with Gasteiger partial charge < -0.3 is 5.32 Å². The predicted octanol–water partition coefficient (Wildman–Crippen LogP) is 1.25. The Bertz CT molecular complexity index is 718. The van der Waals surface area contributed by atoms with Gasteiger partial charge in [-0.15, -0.1) is 5.10 Å². The molecule has 1 aromatic carbocycles. The Morgan fingerprint density at radius 3 is 2.85 bits per heavy atom. The molecular formula is C12H11N7O. The van der Waals surface area contributed by atoms with Crippen LogP contribution < -0.4 is 5.32 Å². The lowest BCUT2D eigenvalue weighted by atomic mass is 10.2. The number of aromatic nitrogens is 6. The third kappa shape index (κ3) is 2.26. The fourth-order valence-corrected chi connectivity index (χ4v) is 1.83. The number of benzene rings is 1. The van der Waals surface area contributed by atoms with Gasteiger partial charge in [0.05, 0.1) is 5.69 Å². The van der Waals surface area contributed by atoms with E-state index in [0.717, 1.165) is 11.3 Å². The number of carbonyl (C=O) groups excluding carboxylic acids is 1. The van der Waals surface area contributed by atoms with Crippen molar-refractivity contribution in [1.29, 1.82) is 0 Å². The van der Waals surface area contributed by atoms with Crippen molar-refractivity contribution in [3.63, 3.8) is 0 Å². The van der Waals surface area contributed by atoms with Crippen molar-refractivity contribution in [3.8, 4) is 5.69 Å². The van der Waals surface area contributed by atoms with E-state index in [1.165, 1.54) is 17.2 Å². The Balaban J connectivity index is 1.82. The Labute approximate surface area is 114 Å². The van der Waals surface area contributed by atoms with E-state index in [0.29, 0.717) is 5.69 Å². The van der Waals surface area contributed by atoms with Crippen molar-refractivity contribution in [1.82, 2.24) is 29.8 Å². The number of imidazole rings is 1. The summed E-state index contributed by atoms with van der Waals surface area (Å²) in [5, 5.41) is 13.8. The summed E-state index contributed by atoms with van der Waals surface area (Å²) in [7, 11) is 0. The third-order valence-electron chi connectivity index (χ3n) is 2.78. The van der Waals surface area contributed by atoms with Crippen LogP contribution in [0, 0.1) is 6.92 Å². The van der Waals surface area contributed by atoms with E-state index in [4.69, 9.17) is 0 Å². The number of aryl methyl sites for hydroxylation is 1. The molecule has 0 saturated carbocycles. The molecule has 8 heteroatoms. The first-order valence-electron chi connectivity index (χ1n) is 5.87. The van der Waals surface area contributed by atoms with Crippen LogP contribution in [0.25, 0.3) is 5.69 Å². The molecule has 3 rings (SSSR count). The third-order valence-corrected chi connectivity index (χ3v) is 2.78. The molecule has 0 atom stereocenters. The maximum atomic E-state index is 11.9. The zero-order valence-electron chi connectivity index (χ0n) is 10.6. The quantitative estimate of drug-likeness (QED) is 0.756. The lowest BCUT2D eigenvalue weighted by Gasteiger charge is -2.09. The number of carbonyl (C=O) groups is 1. The average Bonchev–Trinajstić information content (AvgIpc) is 3.12. The van der Waals surface area contributed by atoms with Crippen LogP contribution in [0.3, 0.4) is 0 Å². The largest absolute Gasteiger partial charge is 0.331 e. The molecule has 3 aromatic rings. The number of anilines is 1. The minimum atomic E-state index is -0.267. The van der Waals surface area contributed by atoms with E-state index in [2.05, 4.69) is 25.8 Å². The Morgan fingerprint density at radius 2 is 2.20 bits per heavy atom. The van der Waals surface area contributed by atoms with Crippen molar-refractivity contribution >= 4 is 11.7 Å². The van der Waals surface area contributed by atoms with Gasteiger partial charge in [0.15, 0.2) is 0 Å². The maximum absolute atomic E-state index is 11.9. The highest BCUT2D eigenvalue weighted by Gasteiger charge is 2.07. The number of amides is 1. The van der Waals surface area contributed by atoms with Crippen molar-refractivity contribution in [3.05, 3.63) is 48.8 Å². The van der Waals surface area contributed by atoms with Crippen LogP contribution in [0.5, 0.6) is 0 Å². The van der Waals surface area contributed by atoms with Gasteiger partial charge in [-0.1, -0.05) is 0 Å². The summed E-state index contributed by atoms with van der Waals surface area (Å²) in [5.74, 6) is 0. The van der Waals surface area contributed by atoms with Gasteiger partial charge in [-0.05, 0) is 41.1 Å². The second kappa shape index (κ2) is 4.92. The van der Waals surface area contributed by atoms with Crippen molar-refractivity contribution in [2.75, 3.05) is 5.32 Å². The molecule has 0 bridgehead atoms. The fraction of sp³-hybridized carbons (Fsp3) is 0.0833. The van der Waals surface area contributed by atoms with E-state index < -0.39 is 0 Å². The number of hydrogen-bond donors (Lipinski definition) is 1. The van der Waals surface area contributed by atoms with Gasteiger partial charge in [0.2, 0.25) is 0 Å². The lowest BCUT2D eigenvalue weighted by Crippen LogP contribution is -2.17. The normalized spacial score (nSPS) is 10.4. The highest BCUT2D eigenvalue weighted by atomic mass is 16.2. The van der Waals surface area contributed by atoms with E-state index >= 15 is 0 Å². The molecule has 0 spiro atoms. The second-order valence-electron chi connectivity index (χ2n) is 4.16. The van der Waals surface area contributed by atoms with Crippen LogP contribution in [-0.4, -0.2) is 35.8 Å². The smallest absolute Gasteiger partial charge is 0.307 e. The summed E-state index contributed by atoms with van der Waals surface area (Å²) in [6.07, 6.45) is 6.09. The van der Waals surface area contributed by atoms with E-state index in [1.54, 1.807) is 23.1 Å². The van der Waals surface area contributed by atoms with Crippen LogP contribution in [0.15, 0.2) is 43.2 Å². The van der Waals surface area contributed by atoms with E-state index in [9.17, 15) is 4.79 Å². The monoisotopic (exact) mass is 269 g/mol. The summed E-state index contributed by atoms with van der Waals surface area (Å²) >= 11 is 0. The average molecular weight is 269 g/mol. The summed E-state index contributed by atoms with van der Waals surface area (Å²) in [6.45, 7) is 1.92. The van der Waals surface area contributed by atoms with E-state index in [1.807, 2.05) is 19.1 Å². The summed E-state index contributed by atoms with van der Waals surface area (Å²) in [6, 6.07) is 5.22. The van der Waals surface area contributed by atoms with Gasteiger partial charge in [-0.2, -0.15) is 0 Å². The molecule has 2 aromatic heterocycles. The number of tetrazole rings is 1. The molecule has 0 aliphatic rings. The first kappa shape index (κ1) is 12.0. The number of rotatable bonds is 2. The molecule has 0 radical (unpaired) electrons. The molecule has 1 amide bonds. The lowest BCUT2D eigenvalue weighted by molar-refractivity contribution is 0.253. The Morgan fingerprint density at radius 1 is 1.30 bits per heavy atom. The molecule has 20 heavy (non-hydrogen) atoms. The predicted molar refractivity (Wildman–Crippen MR) is 70.5 cm³/mol. The molecule has 8 nitrogen and oxygen atoms in total. The van der Waals surface area contributed by atoms with Gasteiger partial charge in [0.25, 0.3) is 0 Å². The molecule has 0 aliphatic carbocycles. The van der Waals surface area contributed by atoms with Gasteiger partial charge in [0, 0.05) is 18.1 Å². The van der Waals surface area contributed by atoms with Gasteiger partial charge >= 0.3 is 6.03 Å². The van der Waals surface area contributed by atoms with Gasteiger partial charge in [-0.3, -0.25) is 4.57 Å². The summed E-state index contributed by atoms with van der Waals surface area (Å²) < 4.78 is 2.93. The molecule has 100 valence electrons. The van der Waals surface area contributed by atoms with Crippen molar-refractivity contribution in [2.24, 2.45) is 0 Å². The zero-order valence-corrected chi connectivity index (χ0v) is 10.6. The van der Waals surface area contributed by atoms with E-state index in [-0.39, 0.29) is 6.03 Å². The van der Waals surface area contributed by atoms with Crippen molar-refractivity contribution in [2.45, 2.75) is 6.92 Å². The molecule has 1 N–H and O–H groups in total. The Kier molecular flexibility index (Phi) is 2.96. The fourth-order valence-electron chi connectivity index (χ4n) is 1.83. The second-order valence-corrected chi connectivity index (χ2v) is 4.16. The maximum Gasteiger partial charge on any atom is 0.331 e. The molecule has 0 unspecified atom stereocenters. The molecule has 0 aliphatic heterocycles. The van der Waals surface area contributed by atoms with Gasteiger partial charge in [-0.25, -0.2) is 14.5 Å². The van der Waals surface area contributed by atoms with Crippen LogP contribution in [-0.2, 0) is 0 Å². The van der Waals surface area contributed by atoms with Crippen LogP contribution in [0.4, 0.5) is 10.5 Å². The minimum Gasteiger partial charge on any atom is -0.307 e.